The molecule has 0 bridgehead atoms. The molecule has 0 spiro atoms. The van der Waals surface area contributed by atoms with Crippen LogP contribution < -0.4 is 10.6 Å². The summed E-state index contributed by atoms with van der Waals surface area (Å²) in [7, 11) is 0. The van der Waals surface area contributed by atoms with E-state index in [1.807, 2.05) is 0 Å². The van der Waals surface area contributed by atoms with Crippen LogP contribution in [0.25, 0.3) is 0 Å². The van der Waals surface area contributed by atoms with E-state index < -0.39 is 0 Å². The Hall–Kier alpha value is -0.0800. The zero-order chi connectivity index (χ0) is 6.24. The summed E-state index contributed by atoms with van der Waals surface area (Å²) in [5.41, 5.74) is 0. The largest absolute Gasteiger partial charge is 0.305 e. The van der Waals surface area contributed by atoms with E-state index in [4.69, 9.17) is 0 Å². The Kier molecular flexibility index (Phi) is 6.85. The molecule has 2 nitrogen and oxygen atoms in total. The first-order chi connectivity index (χ1) is 3.91. The highest BCUT2D eigenvalue weighted by atomic mass is 15.0. The lowest BCUT2D eigenvalue weighted by Crippen LogP contribution is -2.28. The zero-order valence-electron chi connectivity index (χ0n) is 5.83. The second-order valence-electron chi connectivity index (χ2n) is 1.78. The van der Waals surface area contributed by atoms with Crippen LogP contribution in [-0.4, -0.2) is 19.8 Å². The molecule has 0 aromatic rings. The monoisotopic (exact) mass is 116 g/mol. The molecule has 0 rings (SSSR count). The number of nitrogens with one attached hydrogen (secondary N) is 2. The molecule has 0 saturated heterocycles. The van der Waals surface area contributed by atoms with Gasteiger partial charge in [-0.3, -0.25) is 0 Å². The Morgan fingerprint density at radius 2 is 1.88 bits per heavy atom. The van der Waals surface area contributed by atoms with Gasteiger partial charge in [0.2, 0.25) is 0 Å². The summed E-state index contributed by atoms with van der Waals surface area (Å²) >= 11 is 0. The van der Waals surface area contributed by atoms with Crippen LogP contribution in [0, 0.1) is 0 Å². The third kappa shape index (κ3) is 5.92. The molecule has 0 fully saturated rings. The average molecular weight is 116 g/mol. The fraction of sp³-hybridized carbons (Fsp3) is 1.00. The van der Waals surface area contributed by atoms with E-state index in [0.29, 0.717) is 0 Å². The maximum atomic E-state index is 3.22. The lowest BCUT2D eigenvalue weighted by molar-refractivity contribution is 0.593. The summed E-state index contributed by atoms with van der Waals surface area (Å²) < 4.78 is 0. The Morgan fingerprint density at radius 3 is 2.38 bits per heavy atom. The van der Waals surface area contributed by atoms with Crippen LogP contribution in [0.1, 0.15) is 20.3 Å². The normalized spacial score (nSPS) is 9.75. The van der Waals surface area contributed by atoms with Crippen molar-refractivity contribution in [3.8, 4) is 0 Å². The van der Waals surface area contributed by atoms with Gasteiger partial charge in [-0.05, 0) is 19.5 Å². The van der Waals surface area contributed by atoms with Crippen LogP contribution in [0.3, 0.4) is 0 Å². The Bertz CT molecular complexity index is 31.5. The van der Waals surface area contributed by atoms with Gasteiger partial charge in [0.1, 0.15) is 0 Å². The van der Waals surface area contributed by atoms with Crippen molar-refractivity contribution in [2.24, 2.45) is 0 Å². The maximum absolute atomic E-state index is 3.22. The molecule has 0 saturated carbocycles. The van der Waals surface area contributed by atoms with Crippen LogP contribution in [0.2, 0.25) is 0 Å². The first-order valence-electron chi connectivity index (χ1n) is 3.33. The summed E-state index contributed by atoms with van der Waals surface area (Å²) in [6.45, 7) is 7.39. The van der Waals surface area contributed by atoms with Crippen molar-refractivity contribution in [2.45, 2.75) is 20.3 Å². The molecule has 0 aromatic carbocycles. The second kappa shape index (κ2) is 6.92. The van der Waals surface area contributed by atoms with Crippen LogP contribution in [-0.2, 0) is 0 Å². The van der Waals surface area contributed by atoms with Gasteiger partial charge in [-0.25, -0.2) is 0 Å². The van der Waals surface area contributed by atoms with Gasteiger partial charge in [0.25, 0.3) is 0 Å². The quantitative estimate of drug-likeness (QED) is 0.405. The van der Waals surface area contributed by atoms with E-state index in [1.54, 1.807) is 0 Å². The lowest BCUT2D eigenvalue weighted by atomic mass is 10.5. The van der Waals surface area contributed by atoms with E-state index >= 15 is 0 Å². The van der Waals surface area contributed by atoms with Gasteiger partial charge in [0.15, 0.2) is 0 Å². The molecule has 0 radical (unpaired) electrons. The van der Waals surface area contributed by atoms with Crippen LogP contribution in [0.4, 0.5) is 0 Å². The topological polar surface area (TPSA) is 24.1 Å². The van der Waals surface area contributed by atoms with Gasteiger partial charge < -0.3 is 10.6 Å². The molecular formula is C6H16N2. The van der Waals surface area contributed by atoms with Gasteiger partial charge in [-0.1, -0.05) is 13.8 Å². The summed E-state index contributed by atoms with van der Waals surface area (Å²) in [4.78, 5) is 0. The molecule has 0 aromatic heterocycles. The Balaban J connectivity index is 2.53. The van der Waals surface area contributed by atoms with E-state index in [-0.39, 0.29) is 0 Å². The second-order valence-corrected chi connectivity index (χ2v) is 1.78. The maximum Gasteiger partial charge on any atom is 0.0454 e. The standard InChI is InChI=1S/C6H16N2/c1-3-5-8-6-7-4-2/h7-8H,3-6H2,1-2H3. The number of rotatable bonds is 5. The van der Waals surface area contributed by atoms with E-state index in [0.717, 1.165) is 19.8 Å². The lowest BCUT2D eigenvalue weighted by Gasteiger charge is -2.00. The predicted octanol–water partition coefficient (Wildman–Crippen LogP) is 0.553. The molecule has 0 aliphatic heterocycles. The fourth-order valence-electron chi connectivity index (χ4n) is 0.479. The molecule has 0 amide bonds. The average Bonchev–Trinajstić information content (AvgIpc) is 1.81. The first kappa shape index (κ1) is 7.92. The molecule has 0 heterocycles. The predicted molar refractivity (Wildman–Crippen MR) is 36.8 cm³/mol. The summed E-state index contributed by atoms with van der Waals surface area (Å²) in [6, 6.07) is 0. The minimum Gasteiger partial charge on any atom is -0.305 e. The van der Waals surface area contributed by atoms with Gasteiger partial charge in [-0.15, -0.1) is 0 Å². The Morgan fingerprint density at radius 1 is 1.12 bits per heavy atom. The first-order valence-corrected chi connectivity index (χ1v) is 3.33. The molecule has 0 aliphatic carbocycles. The molecule has 50 valence electrons. The highest BCUT2D eigenvalue weighted by Gasteiger charge is 1.78. The number of hydrogen-bond donors (Lipinski definition) is 2. The molecule has 2 N–H and O–H groups in total. The molecule has 0 atom stereocenters. The minimum atomic E-state index is 0.949. The van der Waals surface area contributed by atoms with Crippen molar-refractivity contribution < 1.29 is 0 Å². The van der Waals surface area contributed by atoms with Crippen LogP contribution in [0.5, 0.6) is 0 Å². The number of hydrogen-bond acceptors (Lipinski definition) is 2. The zero-order valence-corrected chi connectivity index (χ0v) is 5.83. The third-order valence-electron chi connectivity index (χ3n) is 0.927. The van der Waals surface area contributed by atoms with Gasteiger partial charge in [-0.2, -0.15) is 0 Å². The fourth-order valence-corrected chi connectivity index (χ4v) is 0.479. The molecule has 0 unspecified atom stereocenters. The van der Waals surface area contributed by atoms with Crippen LogP contribution >= 0.6 is 0 Å². The van der Waals surface area contributed by atoms with Crippen molar-refractivity contribution >= 4 is 0 Å². The van der Waals surface area contributed by atoms with Crippen molar-refractivity contribution in [3.05, 3.63) is 0 Å². The molecular weight excluding hydrogens is 100 g/mol. The molecule has 8 heavy (non-hydrogen) atoms. The van der Waals surface area contributed by atoms with Gasteiger partial charge in [0, 0.05) is 6.67 Å². The highest BCUT2D eigenvalue weighted by molar-refractivity contribution is 4.40. The van der Waals surface area contributed by atoms with Gasteiger partial charge in [0.05, 0.1) is 0 Å². The molecule has 2 heteroatoms. The Labute approximate surface area is 51.7 Å². The summed E-state index contributed by atoms with van der Waals surface area (Å²) in [5, 5.41) is 6.40. The smallest absolute Gasteiger partial charge is 0.0454 e. The molecule has 0 aliphatic rings. The minimum absolute atomic E-state index is 0.949. The summed E-state index contributed by atoms with van der Waals surface area (Å²) in [6.07, 6.45) is 1.21. The van der Waals surface area contributed by atoms with Crippen molar-refractivity contribution in [2.75, 3.05) is 19.8 Å². The van der Waals surface area contributed by atoms with E-state index in [9.17, 15) is 0 Å². The van der Waals surface area contributed by atoms with Gasteiger partial charge >= 0.3 is 0 Å². The van der Waals surface area contributed by atoms with E-state index in [2.05, 4.69) is 24.5 Å². The van der Waals surface area contributed by atoms with Crippen molar-refractivity contribution in [1.29, 1.82) is 0 Å². The third-order valence-corrected chi connectivity index (χ3v) is 0.927. The SMILES string of the molecule is CCCNCNCC. The van der Waals surface area contributed by atoms with Crippen molar-refractivity contribution in [1.82, 2.24) is 10.6 Å². The summed E-state index contributed by atoms with van der Waals surface area (Å²) in [5.74, 6) is 0. The van der Waals surface area contributed by atoms with E-state index in [1.165, 1.54) is 6.42 Å². The van der Waals surface area contributed by atoms with Crippen LogP contribution in [0.15, 0.2) is 0 Å². The highest BCUT2D eigenvalue weighted by Crippen LogP contribution is 1.65. The van der Waals surface area contributed by atoms with Crippen molar-refractivity contribution in [3.63, 3.8) is 0 Å².